The highest BCUT2D eigenvalue weighted by Gasteiger charge is 2.21. The summed E-state index contributed by atoms with van der Waals surface area (Å²) in [5, 5.41) is 3.86. The van der Waals surface area contributed by atoms with Gasteiger partial charge in [-0.25, -0.2) is 0 Å². The fourth-order valence-corrected chi connectivity index (χ4v) is 3.44. The Hall–Kier alpha value is -0.120. The van der Waals surface area contributed by atoms with Crippen molar-refractivity contribution in [1.82, 2.24) is 15.1 Å². The third-order valence-electron chi connectivity index (χ3n) is 5.03. The van der Waals surface area contributed by atoms with Gasteiger partial charge in [-0.2, -0.15) is 0 Å². The molecule has 0 aromatic heterocycles. The summed E-state index contributed by atoms with van der Waals surface area (Å²) in [5.41, 5.74) is 0. The Labute approximate surface area is 119 Å². The van der Waals surface area contributed by atoms with Crippen LogP contribution in [0.1, 0.15) is 46.0 Å². The van der Waals surface area contributed by atoms with Crippen molar-refractivity contribution in [2.75, 3.05) is 39.8 Å². The lowest BCUT2D eigenvalue weighted by molar-refractivity contribution is 0.209. The summed E-state index contributed by atoms with van der Waals surface area (Å²) in [6.45, 7) is 11.1. The first-order valence-corrected chi connectivity index (χ1v) is 8.31. The van der Waals surface area contributed by atoms with E-state index < -0.39 is 0 Å². The van der Waals surface area contributed by atoms with Crippen LogP contribution in [-0.4, -0.2) is 61.7 Å². The second-order valence-electron chi connectivity index (χ2n) is 6.91. The van der Waals surface area contributed by atoms with Gasteiger partial charge in [-0.05, 0) is 91.6 Å². The van der Waals surface area contributed by atoms with Gasteiger partial charge in [0.2, 0.25) is 0 Å². The summed E-state index contributed by atoms with van der Waals surface area (Å²) < 4.78 is 0. The van der Waals surface area contributed by atoms with Gasteiger partial charge in [-0.15, -0.1) is 0 Å². The van der Waals surface area contributed by atoms with Crippen molar-refractivity contribution in [2.24, 2.45) is 5.92 Å². The monoisotopic (exact) mass is 267 g/mol. The zero-order valence-corrected chi connectivity index (χ0v) is 13.2. The van der Waals surface area contributed by atoms with E-state index >= 15 is 0 Å². The van der Waals surface area contributed by atoms with E-state index in [-0.39, 0.29) is 0 Å². The summed E-state index contributed by atoms with van der Waals surface area (Å²) in [7, 11) is 2.25. The largest absolute Gasteiger partial charge is 0.314 e. The molecule has 1 atom stereocenters. The third kappa shape index (κ3) is 5.05. The number of hydrogen-bond acceptors (Lipinski definition) is 3. The van der Waals surface area contributed by atoms with Crippen molar-refractivity contribution in [1.29, 1.82) is 0 Å². The molecule has 2 rings (SSSR count). The van der Waals surface area contributed by atoms with Crippen molar-refractivity contribution >= 4 is 0 Å². The number of rotatable bonds is 4. The molecule has 0 radical (unpaired) electrons. The molecular formula is C16H33N3. The first-order chi connectivity index (χ1) is 9.15. The van der Waals surface area contributed by atoms with Gasteiger partial charge < -0.3 is 15.1 Å². The lowest BCUT2D eigenvalue weighted by Gasteiger charge is -2.30. The molecule has 2 fully saturated rings. The van der Waals surface area contributed by atoms with Crippen molar-refractivity contribution in [3.05, 3.63) is 0 Å². The molecular weight excluding hydrogens is 234 g/mol. The van der Waals surface area contributed by atoms with Gasteiger partial charge in [0.25, 0.3) is 0 Å². The fourth-order valence-electron chi connectivity index (χ4n) is 3.44. The Balaban J connectivity index is 1.66. The number of nitrogens with zero attached hydrogens (tertiary/aromatic N) is 2. The van der Waals surface area contributed by atoms with Crippen LogP contribution in [0.4, 0.5) is 0 Å². The van der Waals surface area contributed by atoms with E-state index in [0.717, 1.165) is 12.0 Å². The van der Waals surface area contributed by atoms with Crippen LogP contribution in [0.5, 0.6) is 0 Å². The summed E-state index contributed by atoms with van der Waals surface area (Å²) >= 11 is 0. The molecule has 112 valence electrons. The minimum Gasteiger partial charge on any atom is -0.314 e. The van der Waals surface area contributed by atoms with E-state index in [9.17, 15) is 0 Å². The summed E-state index contributed by atoms with van der Waals surface area (Å²) in [5.74, 6) is 0.917. The smallest absolute Gasteiger partial charge is 0.00798 e. The molecule has 3 nitrogen and oxygen atoms in total. The van der Waals surface area contributed by atoms with Gasteiger partial charge in [0.05, 0.1) is 0 Å². The van der Waals surface area contributed by atoms with Gasteiger partial charge in [-0.1, -0.05) is 0 Å². The van der Waals surface area contributed by atoms with E-state index in [0.29, 0.717) is 6.04 Å². The topological polar surface area (TPSA) is 18.5 Å². The van der Waals surface area contributed by atoms with E-state index in [1.54, 1.807) is 0 Å². The Kier molecular flexibility index (Phi) is 6.11. The molecule has 1 unspecified atom stereocenters. The van der Waals surface area contributed by atoms with Gasteiger partial charge in [0.1, 0.15) is 0 Å². The van der Waals surface area contributed by atoms with Crippen molar-refractivity contribution < 1.29 is 0 Å². The molecule has 0 bridgehead atoms. The van der Waals surface area contributed by atoms with Crippen LogP contribution in [0.15, 0.2) is 0 Å². The average molecular weight is 267 g/mol. The Bertz CT molecular complexity index is 246. The maximum atomic E-state index is 3.86. The summed E-state index contributed by atoms with van der Waals surface area (Å²) in [6, 6.07) is 1.48. The molecule has 0 aromatic carbocycles. The number of likely N-dealkylation sites (tertiary alicyclic amines) is 2. The fraction of sp³-hybridized carbons (Fsp3) is 1.00. The van der Waals surface area contributed by atoms with Crippen LogP contribution in [-0.2, 0) is 0 Å². The SMILES string of the molecule is CC(C)N1CCCC(NCC2CCN(C)CC2)CC1. The van der Waals surface area contributed by atoms with Gasteiger partial charge >= 0.3 is 0 Å². The second kappa shape index (κ2) is 7.61. The van der Waals surface area contributed by atoms with Crippen LogP contribution in [0.3, 0.4) is 0 Å². The standard InChI is InChI=1S/C16H33N3/c1-14(2)19-9-4-5-16(8-12-19)17-13-15-6-10-18(3)11-7-15/h14-17H,4-13H2,1-3H3. The maximum Gasteiger partial charge on any atom is 0.00798 e. The molecule has 3 heteroatoms. The average Bonchev–Trinajstić information content (AvgIpc) is 2.63. The molecule has 19 heavy (non-hydrogen) atoms. The molecule has 1 N–H and O–H groups in total. The molecule has 2 aliphatic heterocycles. The maximum absolute atomic E-state index is 3.86. The van der Waals surface area contributed by atoms with Crippen molar-refractivity contribution in [3.63, 3.8) is 0 Å². The third-order valence-corrected chi connectivity index (χ3v) is 5.03. The van der Waals surface area contributed by atoms with E-state index in [1.165, 1.54) is 64.8 Å². The van der Waals surface area contributed by atoms with Crippen LogP contribution in [0.25, 0.3) is 0 Å². The second-order valence-corrected chi connectivity index (χ2v) is 6.91. The van der Waals surface area contributed by atoms with Crippen molar-refractivity contribution in [3.8, 4) is 0 Å². The lowest BCUT2D eigenvalue weighted by atomic mass is 9.96. The lowest BCUT2D eigenvalue weighted by Crippen LogP contribution is -2.39. The minimum absolute atomic E-state index is 0.715. The van der Waals surface area contributed by atoms with E-state index in [2.05, 4.69) is 36.0 Å². The van der Waals surface area contributed by atoms with E-state index in [4.69, 9.17) is 0 Å². The number of piperidine rings is 1. The van der Waals surface area contributed by atoms with Crippen LogP contribution in [0, 0.1) is 5.92 Å². The minimum atomic E-state index is 0.715. The molecule has 0 spiro atoms. The zero-order chi connectivity index (χ0) is 13.7. The van der Waals surface area contributed by atoms with Crippen LogP contribution in [0.2, 0.25) is 0 Å². The Morgan fingerprint density at radius 1 is 1.00 bits per heavy atom. The Morgan fingerprint density at radius 2 is 1.74 bits per heavy atom. The number of hydrogen-bond donors (Lipinski definition) is 1. The molecule has 0 saturated carbocycles. The molecule has 2 heterocycles. The predicted octanol–water partition coefficient (Wildman–Crippen LogP) is 2.18. The molecule has 0 aliphatic carbocycles. The zero-order valence-electron chi connectivity index (χ0n) is 13.2. The van der Waals surface area contributed by atoms with Crippen molar-refractivity contribution in [2.45, 2.75) is 58.0 Å². The molecule has 0 amide bonds. The van der Waals surface area contributed by atoms with Gasteiger partial charge in [0.15, 0.2) is 0 Å². The molecule has 2 saturated heterocycles. The molecule has 0 aromatic rings. The first-order valence-electron chi connectivity index (χ1n) is 8.31. The Morgan fingerprint density at radius 3 is 2.42 bits per heavy atom. The van der Waals surface area contributed by atoms with E-state index in [1.807, 2.05) is 0 Å². The quantitative estimate of drug-likeness (QED) is 0.842. The van der Waals surface area contributed by atoms with Crippen LogP contribution >= 0.6 is 0 Å². The number of nitrogens with one attached hydrogen (secondary N) is 1. The van der Waals surface area contributed by atoms with Gasteiger partial charge in [0, 0.05) is 12.1 Å². The van der Waals surface area contributed by atoms with Gasteiger partial charge in [-0.3, -0.25) is 0 Å². The highest BCUT2D eigenvalue weighted by atomic mass is 15.1. The normalized spacial score (nSPS) is 28.7. The van der Waals surface area contributed by atoms with Crippen LogP contribution < -0.4 is 5.32 Å². The highest BCUT2D eigenvalue weighted by molar-refractivity contribution is 4.79. The predicted molar refractivity (Wildman–Crippen MR) is 82.6 cm³/mol. The molecule has 2 aliphatic rings. The first kappa shape index (κ1) is 15.3. The summed E-state index contributed by atoms with van der Waals surface area (Å²) in [4.78, 5) is 5.10. The highest BCUT2D eigenvalue weighted by Crippen LogP contribution is 2.17. The summed E-state index contributed by atoms with van der Waals surface area (Å²) in [6.07, 6.45) is 6.84.